The zero-order chi connectivity index (χ0) is 14.3. The maximum absolute atomic E-state index is 12.5. The number of carbonyl (C=O) groups is 2. The van der Waals surface area contributed by atoms with Crippen molar-refractivity contribution in [2.24, 2.45) is 0 Å². The normalized spacial score (nSPS) is 22.1. The Kier molecular flexibility index (Phi) is 3.10. The number of amides is 3. The van der Waals surface area contributed by atoms with Crippen molar-refractivity contribution in [3.8, 4) is 0 Å². The predicted molar refractivity (Wildman–Crippen MR) is 77.2 cm³/mol. The van der Waals surface area contributed by atoms with Crippen LogP contribution in [0, 0.1) is 0 Å². The fraction of sp³-hybridized carbons (Fsp3) is 0.286. The van der Waals surface area contributed by atoms with Gasteiger partial charge in [-0.3, -0.25) is 9.69 Å². The lowest BCUT2D eigenvalue weighted by molar-refractivity contribution is -0.125. The Morgan fingerprint density at radius 1 is 1.55 bits per heavy atom. The highest BCUT2D eigenvalue weighted by molar-refractivity contribution is 7.10. The molecule has 1 N–H and O–H groups in total. The van der Waals surface area contributed by atoms with Gasteiger partial charge in [0.15, 0.2) is 0 Å². The number of hydrogen-bond acceptors (Lipinski definition) is 3. The molecule has 0 bridgehead atoms. The molecule has 0 fully saturated rings. The van der Waals surface area contributed by atoms with Gasteiger partial charge in [0.05, 0.1) is 23.9 Å². The van der Waals surface area contributed by atoms with E-state index in [2.05, 4.69) is 11.9 Å². The summed E-state index contributed by atoms with van der Waals surface area (Å²) in [5.41, 5.74) is 1.47. The first-order valence-electron chi connectivity index (χ1n) is 6.34. The molecule has 3 rings (SSSR count). The Balaban J connectivity index is 2.03. The smallest absolute Gasteiger partial charge is 0.322 e. The zero-order valence-electron chi connectivity index (χ0n) is 11.1. The molecule has 20 heavy (non-hydrogen) atoms. The molecule has 1 aromatic heterocycles. The molecule has 0 saturated heterocycles. The molecule has 1 atom stereocenters. The molecule has 104 valence electrons. The van der Waals surface area contributed by atoms with Gasteiger partial charge in [-0.2, -0.15) is 0 Å². The molecular weight excluding hydrogens is 274 g/mol. The molecule has 0 aromatic carbocycles. The Morgan fingerprint density at radius 2 is 2.35 bits per heavy atom. The van der Waals surface area contributed by atoms with Crippen LogP contribution in [-0.2, 0) is 4.79 Å². The maximum Gasteiger partial charge on any atom is 0.322 e. The number of rotatable bonds is 3. The standard InChI is InChI=1S/C14H15N3O2S/c1-3-6-17-8-9-11(13(17)18)12(10-5-4-7-20-10)15-14(19)16(9)2/h3-5,7,12H,1,6,8H2,2H3,(H,15,19)/t12-/m1/s1. The average molecular weight is 289 g/mol. The lowest BCUT2D eigenvalue weighted by atomic mass is 10.0. The van der Waals surface area contributed by atoms with Gasteiger partial charge in [-0.1, -0.05) is 12.1 Å². The summed E-state index contributed by atoms with van der Waals surface area (Å²) < 4.78 is 0. The third-order valence-electron chi connectivity index (χ3n) is 3.61. The van der Waals surface area contributed by atoms with Crippen molar-refractivity contribution < 1.29 is 9.59 Å². The van der Waals surface area contributed by atoms with Crippen LogP contribution in [0.4, 0.5) is 4.79 Å². The second kappa shape index (κ2) is 4.79. The van der Waals surface area contributed by atoms with Crippen LogP contribution in [0.5, 0.6) is 0 Å². The van der Waals surface area contributed by atoms with Gasteiger partial charge in [0.1, 0.15) is 0 Å². The van der Waals surface area contributed by atoms with Crippen LogP contribution >= 0.6 is 11.3 Å². The van der Waals surface area contributed by atoms with E-state index in [9.17, 15) is 9.59 Å². The van der Waals surface area contributed by atoms with Crippen LogP contribution in [0.3, 0.4) is 0 Å². The van der Waals surface area contributed by atoms with Crippen LogP contribution in [0.15, 0.2) is 41.4 Å². The highest BCUT2D eigenvalue weighted by Crippen LogP contribution is 2.36. The fourth-order valence-electron chi connectivity index (χ4n) is 2.60. The van der Waals surface area contributed by atoms with E-state index in [-0.39, 0.29) is 18.0 Å². The molecule has 0 saturated carbocycles. The lowest BCUT2D eigenvalue weighted by Gasteiger charge is -2.30. The molecule has 0 radical (unpaired) electrons. The van der Waals surface area contributed by atoms with E-state index in [1.165, 1.54) is 16.2 Å². The minimum Gasteiger partial charge on any atom is -0.329 e. The van der Waals surface area contributed by atoms with Crippen LogP contribution in [0.25, 0.3) is 0 Å². The lowest BCUT2D eigenvalue weighted by Crippen LogP contribution is -2.45. The van der Waals surface area contributed by atoms with E-state index in [1.54, 1.807) is 18.0 Å². The molecule has 5 nitrogen and oxygen atoms in total. The highest BCUT2D eigenvalue weighted by Gasteiger charge is 2.42. The summed E-state index contributed by atoms with van der Waals surface area (Å²) in [7, 11) is 1.69. The number of carbonyl (C=O) groups excluding carboxylic acids is 2. The van der Waals surface area contributed by atoms with E-state index in [0.717, 1.165) is 10.6 Å². The Hall–Kier alpha value is -2.08. The molecule has 1 aromatic rings. The van der Waals surface area contributed by atoms with E-state index in [4.69, 9.17) is 0 Å². The van der Waals surface area contributed by atoms with E-state index in [0.29, 0.717) is 18.7 Å². The molecule has 2 aliphatic heterocycles. The number of thiophene rings is 1. The van der Waals surface area contributed by atoms with Gasteiger partial charge in [-0.15, -0.1) is 17.9 Å². The largest absolute Gasteiger partial charge is 0.329 e. The third-order valence-corrected chi connectivity index (χ3v) is 4.55. The van der Waals surface area contributed by atoms with Crippen molar-refractivity contribution in [2.75, 3.05) is 20.1 Å². The zero-order valence-corrected chi connectivity index (χ0v) is 11.9. The summed E-state index contributed by atoms with van der Waals surface area (Å²) in [6.07, 6.45) is 1.70. The summed E-state index contributed by atoms with van der Waals surface area (Å²) >= 11 is 1.54. The van der Waals surface area contributed by atoms with Crippen LogP contribution < -0.4 is 5.32 Å². The number of likely N-dealkylation sites (N-methyl/N-ethyl adjacent to an activating group) is 1. The van der Waals surface area contributed by atoms with E-state index < -0.39 is 0 Å². The first-order valence-corrected chi connectivity index (χ1v) is 7.22. The minimum atomic E-state index is -0.337. The van der Waals surface area contributed by atoms with E-state index >= 15 is 0 Å². The molecule has 2 aliphatic rings. The van der Waals surface area contributed by atoms with Crippen molar-refractivity contribution in [1.82, 2.24) is 15.1 Å². The molecule has 3 heterocycles. The van der Waals surface area contributed by atoms with Gasteiger partial charge in [-0.25, -0.2) is 4.79 Å². The number of hydrogen-bond donors (Lipinski definition) is 1. The SMILES string of the molecule is C=CCN1CC2=C(C1=O)[C@@H](c1cccs1)NC(=O)N2C. The van der Waals surface area contributed by atoms with Crippen molar-refractivity contribution in [3.63, 3.8) is 0 Å². The van der Waals surface area contributed by atoms with Crippen molar-refractivity contribution in [2.45, 2.75) is 6.04 Å². The van der Waals surface area contributed by atoms with Gasteiger partial charge in [0.25, 0.3) is 5.91 Å². The summed E-state index contributed by atoms with van der Waals surface area (Å²) in [5.74, 6) is -0.0230. The van der Waals surface area contributed by atoms with Crippen LogP contribution in [-0.4, -0.2) is 41.9 Å². The number of urea groups is 1. The second-order valence-corrected chi connectivity index (χ2v) is 5.77. The van der Waals surface area contributed by atoms with Gasteiger partial charge >= 0.3 is 6.03 Å². The van der Waals surface area contributed by atoms with E-state index in [1.807, 2.05) is 17.5 Å². The van der Waals surface area contributed by atoms with Gasteiger partial charge < -0.3 is 10.2 Å². The van der Waals surface area contributed by atoms with Gasteiger partial charge in [0.2, 0.25) is 0 Å². The first-order chi connectivity index (χ1) is 9.63. The summed E-state index contributed by atoms with van der Waals surface area (Å²) in [6, 6.07) is 3.35. The van der Waals surface area contributed by atoms with Crippen molar-refractivity contribution in [1.29, 1.82) is 0 Å². The van der Waals surface area contributed by atoms with Crippen LogP contribution in [0.2, 0.25) is 0 Å². The maximum atomic E-state index is 12.5. The molecule has 6 heteroatoms. The predicted octanol–water partition coefficient (Wildman–Crippen LogP) is 1.73. The average Bonchev–Trinajstić information content (AvgIpc) is 3.05. The molecule has 0 unspecified atom stereocenters. The third kappa shape index (κ3) is 1.84. The highest BCUT2D eigenvalue weighted by atomic mass is 32.1. The van der Waals surface area contributed by atoms with Crippen molar-refractivity contribution >= 4 is 23.3 Å². The minimum absolute atomic E-state index is 0.0230. The quantitative estimate of drug-likeness (QED) is 0.862. The Morgan fingerprint density at radius 3 is 3.00 bits per heavy atom. The second-order valence-electron chi connectivity index (χ2n) is 4.79. The fourth-order valence-corrected chi connectivity index (χ4v) is 3.38. The molecule has 0 aliphatic carbocycles. The Labute approximate surface area is 121 Å². The molecular formula is C14H15N3O2S. The van der Waals surface area contributed by atoms with Crippen LogP contribution in [0.1, 0.15) is 10.9 Å². The van der Waals surface area contributed by atoms with Gasteiger partial charge in [0, 0.05) is 18.5 Å². The monoisotopic (exact) mass is 289 g/mol. The summed E-state index contributed by atoms with van der Waals surface area (Å²) in [6.45, 7) is 4.63. The number of nitrogens with zero attached hydrogens (tertiary/aromatic N) is 2. The molecule has 3 amide bonds. The summed E-state index contributed by atoms with van der Waals surface area (Å²) in [4.78, 5) is 28.8. The van der Waals surface area contributed by atoms with Crippen molar-refractivity contribution in [3.05, 3.63) is 46.3 Å². The van der Waals surface area contributed by atoms with Gasteiger partial charge in [-0.05, 0) is 11.4 Å². The molecule has 0 spiro atoms. The number of nitrogens with one attached hydrogen (secondary N) is 1. The Bertz CT molecular complexity index is 606. The summed E-state index contributed by atoms with van der Waals surface area (Å²) in [5, 5.41) is 4.84. The first kappa shape index (κ1) is 12.9. The topological polar surface area (TPSA) is 52.7 Å².